The molecule has 5 heteroatoms. The normalized spacial score (nSPS) is 31.8. The Kier molecular flexibility index (Phi) is 4.87. The number of carbonyl (C=O) groups excluding carboxylic acids is 1. The van der Waals surface area contributed by atoms with Gasteiger partial charge in [-0.1, -0.05) is 0 Å². The van der Waals surface area contributed by atoms with E-state index in [1.165, 1.54) is 50.7 Å². The van der Waals surface area contributed by atoms with Gasteiger partial charge in [0.05, 0.1) is 5.69 Å². The third-order valence-electron chi connectivity index (χ3n) is 6.73. The summed E-state index contributed by atoms with van der Waals surface area (Å²) < 4.78 is 14.4. The summed E-state index contributed by atoms with van der Waals surface area (Å²) >= 11 is 0. The smallest absolute Gasteiger partial charge is 0.250 e. The maximum absolute atomic E-state index is 14.4. The summed E-state index contributed by atoms with van der Waals surface area (Å²) in [6.45, 7) is 2.45. The van der Waals surface area contributed by atoms with Crippen molar-refractivity contribution in [3.8, 4) is 0 Å². The van der Waals surface area contributed by atoms with Crippen molar-refractivity contribution in [3.63, 3.8) is 0 Å². The zero-order valence-electron chi connectivity index (χ0n) is 16.1. The molecule has 0 aromatic heterocycles. The van der Waals surface area contributed by atoms with E-state index in [-0.39, 0.29) is 11.7 Å². The minimum absolute atomic E-state index is 0.341. The molecule has 5 rings (SSSR count). The average molecular weight is 372 g/mol. The van der Waals surface area contributed by atoms with Gasteiger partial charge in [-0.25, -0.2) is 4.39 Å². The van der Waals surface area contributed by atoms with Crippen LogP contribution in [-0.4, -0.2) is 12.5 Å². The molecule has 0 heterocycles. The van der Waals surface area contributed by atoms with Crippen molar-refractivity contribution in [3.05, 3.63) is 35.8 Å². The molecule has 146 valence electrons. The molecule has 4 fully saturated rings. The van der Waals surface area contributed by atoms with Crippen LogP contribution < -0.4 is 16.4 Å². The monoisotopic (exact) mass is 371 g/mol. The molecule has 0 unspecified atom stereocenters. The van der Waals surface area contributed by atoms with Crippen LogP contribution in [0.25, 0.3) is 0 Å². The lowest BCUT2D eigenvalue weighted by Crippen LogP contribution is -2.46. The highest BCUT2D eigenvalue weighted by molar-refractivity contribution is 5.99. The molecule has 4 bridgehead atoms. The van der Waals surface area contributed by atoms with Crippen molar-refractivity contribution >= 4 is 17.3 Å². The van der Waals surface area contributed by atoms with Gasteiger partial charge < -0.3 is 16.4 Å². The largest absolute Gasteiger partial charge is 0.402 e. The van der Waals surface area contributed by atoms with Crippen molar-refractivity contribution in [2.45, 2.75) is 51.9 Å². The number of nitrogens with two attached hydrogens (primary N) is 1. The molecule has 4 aliphatic carbocycles. The predicted molar refractivity (Wildman–Crippen MR) is 107 cm³/mol. The van der Waals surface area contributed by atoms with Gasteiger partial charge >= 0.3 is 0 Å². The first-order valence-electron chi connectivity index (χ1n) is 10.2. The highest BCUT2D eigenvalue weighted by Crippen LogP contribution is 2.61. The van der Waals surface area contributed by atoms with E-state index >= 15 is 0 Å². The molecule has 27 heavy (non-hydrogen) atoms. The summed E-state index contributed by atoms with van der Waals surface area (Å²) in [7, 11) is 0. The first-order valence-corrected chi connectivity index (χ1v) is 10.2. The fourth-order valence-corrected chi connectivity index (χ4v) is 6.18. The van der Waals surface area contributed by atoms with Gasteiger partial charge in [-0.2, -0.15) is 0 Å². The first kappa shape index (κ1) is 18.3. The summed E-state index contributed by atoms with van der Waals surface area (Å²) in [5, 5.41) is 5.90. The number of hydrogen-bond acceptors (Lipinski definition) is 3. The second kappa shape index (κ2) is 7.17. The Morgan fingerprint density at radius 2 is 1.85 bits per heavy atom. The van der Waals surface area contributed by atoms with Crippen LogP contribution in [0.15, 0.2) is 30.0 Å². The summed E-state index contributed by atoms with van der Waals surface area (Å²) in [5.74, 6) is 2.15. The van der Waals surface area contributed by atoms with Gasteiger partial charge in [-0.15, -0.1) is 0 Å². The van der Waals surface area contributed by atoms with E-state index in [1.54, 1.807) is 19.1 Å². The molecular weight excluding hydrogens is 341 g/mol. The Morgan fingerprint density at radius 1 is 1.22 bits per heavy atom. The van der Waals surface area contributed by atoms with E-state index in [2.05, 4.69) is 10.6 Å². The highest BCUT2D eigenvalue weighted by atomic mass is 19.1. The standard InChI is InChI=1S/C22H30FN3O/c1-14(24)6-21(27)26-18-2-3-20(19(23)10-18)25-5-4-22-11-15-7-16(12-22)9-17(8-15)13-22/h2-3,6,10,15-17,25H,4-5,7-9,11-13,24H2,1H3,(H,26,27)/b14-6-. The van der Waals surface area contributed by atoms with Crippen molar-refractivity contribution in [2.75, 3.05) is 17.2 Å². The van der Waals surface area contributed by atoms with Crippen LogP contribution in [0.2, 0.25) is 0 Å². The molecule has 4 aliphatic rings. The molecule has 0 atom stereocenters. The number of nitrogens with one attached hydrogen (secondary N) is 2. The van der Waals surface area contributed by atoms with Crippen LogP contribution in [0.3, 0.4) is 0 Å². The van der Waals surface area contributed by atoms with Crippen molar-refractivity contribution in [1.29, 1.82) is 0 Å². The van der Waals surface area contributed by atoms with Crippen molar-refractivity contribution in [2.24, 2.45) is 28.9 Å². The molecular formula is C22H30FN3O. The molecule has 4 N–H and O–H groups in total. The van der Waals surface area contributed by atoms with Gasteiger partial charge in [-0.05, 0) is 93.2 Å². The van der Waals surface area contributed by atoms with Crippen LogP contribution in [-0.2, 0) is 4.79 Å². The number of amides is 1. The Labute approximate surface area is 160 Å². The Balaban J connectivity index is 1.32. The molecule has 0 radical (unpaired) electrons. The molecule has 0 saturated heterocycles. The number of hydrogen-bond donors (Lipinski definition) is 3. The second-order valence-corrected chi connectivity index (χ2v) is 9.17. The van der Waals surface area contributed by atoms with Gasteiger partial charge in [0.15, 0.2) is 0 Å². The lowest BCUT2D eigenvalue weighted by molar-refractivity contribution is -0.111. The van der Waals surface area contributed by atoms with Gasteiger partial charge in [0, 0.05) is 24.0 Å². The minimum Gasteiger partial charge on any atom is -0.402 e. The topological polar surface area (TPSA) is 67.2 Å². The number of halogens is 1. The molecule has 1 aromatic rings. The van der Waals surface area contributed by atoms with Crippen LogP contribution in [0, 0.1) is 29.0 Å². The van der Waals surface area contributed by atoms with E-state index < -0.39 is 0 Å². The third-order valence-corrected chi connectivity index (χ3v) is 6.73. The van der Waals surface area contributed by atoms with Crippen LogP contribution in [0.1, 0.15) is 51.9 Å². The lowest BCUT2D eigenvalue weighted by Gasteiger charge is -2.57. The summed E-state index contributed by atoms with van der Waals surface area (Å²) in [5.41, 5.74) is 7.33. The molecule has 1 amide bonds. The maximum Gasteiger partial charge on any atom is 0.250 e. The van der Waals surface area contributed by atoms with E-state index in [4.69, 9.17) is 5.73 Å². The maximum atomic E-state index is 14.4. The quantitative estimate of drug-likeness (QED) is 0.638. The number of rotatable bonds is 6. The summed E-state index contributed by atoms with van der Waals surface area (Å²) in [4.78, 5) is 11.7. The summed E-state index contributed by atoms with van der Waals surface area (Å²) in [6, 6.07) is 4.77. The molecule has 4 saturated carbocycles. The van der Waals surface area contributed by atoms with Crippen molar-refractivity contribution < 1.29 is 9.18 Å². The second-order valence-electron chi connectivity index (χ2n) is 9.17. The highest BCUT2D eigenvalue weighted by Gasteiger charge is 2.50. The Bertz CT molecular complexity index is 719. The predicted octanol–water partition coefficient (Wildman–Crippen LogP) is 4.65. The van der Waals surface area contributed by atoms with E-state index in [0.29, 0.717) is 22.5 Å². The van der Waals surface area contributed by atoms with Gasteiger partial charge in [0.25, 0.3) is 0 Å². The average Bonchev–Trinajstić information content (AvgIpc) is 2.54. The fourth-order valence-electron chi connectivity index (χ4n) is 6.18. The van der Waals surface area contributed by atoms with Crippen LogP contribution in [0.4, 0.5) is 15.8 Å². The number of anilines is 2. The minimum atomic E-state index is -0.350. The number of benzene rings is 1. The van der Waals surface area contributed by atoms with E-state index in [9.17, 15) is 9.18 Å². The fraction of sp³-hybridized carbons (Fsp3) is 0.591. The van der Waals surface area contributed by atoms with Crippen LogP contribution >= 0.6 is 0 Å². The number of allylic oxidation sites excluding steroid dienone is 1. The third kappa shape index (κ3) is 4.12. The molecule has 0 aliphatic heterocycles. The zero-order valence-corrected chi connectivity index (χ0v) is 16.1. The summed E-state index contributed by atoms with van der Waals surface area (Å²) in [6.07, 6.45) is 10.9. The van der Waals surface area contributed by atoms with Gasteiger partial charge in [0.2, 0.25) is 5.91 Å². The Hall–Kier alpha value is -2.04. The zero-order chi connectivity index (χ0) is 19.0. The van der Waals surface area contributed by atoms with Crippen molar-refractivity contribution in [1.82, 2.24) is 0 Å². The lowest BCUT2D eigenvalue weighted by atomic mass is 9.49. The molecule has 4 nitrogen and oxygen atoms in total. The number of carbonyl (C=O) groups is 1. The molecule has 0 spiro atoms. The van der Waals surface area contributed by atoms with Crippen LogP contribution in [0.5, 0.6) is 0 Å². The first-order chi connectivity index (χ1) is 12.9. The SMILES string of the molecule is C/C(N)=C/C(=O)Nc1ccc(NCCC23CC4CC(CC(C4)C2)C3)c(F)c1. The van der Waals surface area contributed by atoms with Gasteiger partial charge in [0.1, 0.15) is 5.82 Å². The molecule has 1 aromatic carbocycles. The van der Waals surface area contributed by atoms with Gasteiger partial charge in [-0.3, -0.25) is 4.79 Å². The van der Waals surface area contributed by atoms with E-state index in [1.807, 2.05) is 0 Å². The Morgan fingerprint density at radius 3 is 2.41 bits per heavy atom. The van der Waals surface area contributed by atoms with E-state index in [0.717, 1.165) is 30.7 Å².